The minimum Gasteiger partial charge on any atom is -0.495 e. The second kappa shape index (κ2) is 8.31. The van der Waals surface area contributed by atoms with E-state index in [9.17, 15) is 19.2 Å². The van der Waals surface area contributed by atoms with E-state index in [1.54, 1.807) is 24.3 Å². The normalized spacial score (nSPS) is 15.0. The molecule has 3 aromatic rings. The summed E-state index contributed by atoms with van der Waals surface area (Å²) in [6.45, 7) is 0.125. The van der Waals surface area contributed by atoms with Crippen molar-refractivity contribution < 1.29 is 14.3 Å². The zero-order valence-corrected chi connectivity index (χ0v) is 16.7. The molecule has 31 heavy (non-hydrogen) atoms. The molecule has 2 aromatic carbocycles. The van der Waals surface area contributed by atoms with Gasteiger partial charge in [0.1, 0.15) is 11.6 Å². The Morgan fingerprint density at radius 1 is 1.10 bits per heavy atom. The number of benzene rings is 2. The van der Waals surface area contributed by atoms with Gasteiger partial charge in [0.25, 0.3) is 5.56 Å². The van der Waals surface area contributed by atoms with E-state index in [1.165, 1.54) is 11.7 Å². The molecule has 0 saturated carbocycles. The molecule has 4 rings (SSSR count). The summed E-state index contributed by atoms with van der Waals surface area (Å²) in [5.41, 5.74) is -0.115. The van der Waals surface area contributed by atoms with E-state index in [2.05, 4.69) is 15.6 Å². The van der Waals surface area contributed by atoms with Gasteiger partial charge < -0.3 is 15.4 Å². The molecule has 0 radical (unpaired) electrons. The van der Waals surface area contributed by atoms with Crippen molar-refractivity contribution in [2.24, 2.45) is 0 Å². The van der Waals surface area contributed by atoms with Crippen LogP contribution in [0.25, 0.3) is 0 Å². The molecule has 0 saturated heterocycles. The third-order valence-electron chi connectivity index (χ3n) is 5.10. The summed E-state index contributed by atoms with van der Waals surface area (Å²) < 4.78 is 6.50. The fourth-order valence-corrected chi connectivity index (χ4v) is 3.62. The topological polar surface area (TPSA) is 122 Å². The number of carbonyl (C=O) groups excluding carboxylic acids is 2. The molecular weight excluding hydrogens is 400 g/mol. The molecule has 2 amide bonds. The molecular formula is C22H20N4O5. The number of amides is 2. The van der Waals surface area contributed by atoms with E-state index >= 15 is 0 Å². The first-order valence-corrected chi connectivity index (χ1v) is 9.62. The van der Waals surface area contributed by atoms with Crippen LogP contribution in [0.15, 0.2) is 64.2 Å². The first kappa shape index (κ1) is 20.1. The minimum absolute atomic E-state index is 0.0361. The predicted molar refractivity (Wildman–Crippen MR) is 114 cm³/mol. The van der Waals surface area contributed by atoms with Gasteiger partial charge in [-0.05, 0) is 17.7 Å². The molecule has 9 heteroatoms. The maximum atomic E-state index is 13.1. The number of anilines is 2. The van der Waals surface area contributed by atoms with Gasteiger partial charge in [0.05, 0.1) is 30.8 Å². The number of methoxy groups -OCH3 is 1. The predicted octanol–water partition coefficient (Wildman–Crippen LogP) is 1.66. The maximum Gasteiger partial charge on any atom is 0.330 e. The number of nitrogens with one attached hydrogen (secondary N) is 3. The molecule has 9 nitrogen and oxygen atoms in total. The summed E-state index contributed by atoms with van der Waals surface area (Å²) in [5, 5.41) is 5.32. The van der Waals surface area contributed by atoms with Crippen molar-refractivity contribution in [2.45, 2.75) is 18.9 Å². The van der Waals surface area contributed by atoms with Crippen LogP contribution in [0.2, 0.25) is 0 Å². The third-order valence-corrected chi connectivity index (χ3v) is 5.10. The van der Waals surface area contributed by atoms with Gasteiger partial charge in [-0.1, -0.05) is 42.5 Å². The van der Waals surface area contributed by atoms with Crippen molar-refractivity contribution in [2.75, 3.05) is 17.7 Å². The molecule has 3 N–H and O–H groups in total. The van der Waals surface area contributed by atoms with E-state index < -0.39 is 29.0 Å². The SMILES string of the molecule is COc1ccccc1NC(=O)[C@@H]1CC(=O)Nc2c1c(=O)[nH]c(=O)n2Cc1ccccc1. The number of aromatic nitrogens is 2. The lowest BCUT2D eigenvalue weighted by molar-refractivity contribution is -0.123. The van der Waals surface area contributed by atoms with Crippen LogP contribution in [0.1, 0.15) is 23.5 Å². The lowest BCUT2D eigenvalue weighted by Gasteiger charge is -2.26. The first-order valence-electron chi connectivity index (χ1n) is 9.62. The molecule has 0 fully saturated rings. The zero-order valence-electron chi connectivity index (χ0n) is 16.7. The van der Waals surface area contributed by atoms with Gasteiger partial charge in [0.2, 0.25) is 11.8 Å². The number of fused-ring (bicyclic) bond motifs is 1. The molecule has 2 heterocycles. The van der Waals surface area contributed by atoms with Crippen LogP contribution in [0.3, 0.4) is 0 Å². The van der Waals surface area contributed by atoms with Gasteiger partial charge in [0, 0.05) is 6.42 Å². The smallest absolute Gasteiger partial charge is 0.330 e. The first-order chi connectivity index (χ1) is 15.0. The summed E-state index contributed by atoms with van der Waals surface area (Å²) in [5.74, 6) is -1.59. The fourth-order valence-electron chi connectivity index (χ4n) is 3.62. The molecule has 0 aliphatic carbocycles. The van der Waals surface area contributed by atoms with Crippen LogP contribution in [0.4, 0.5) is 11.5 Å². The van der Waals surface area contributed by atoms with Crippen molar-refractivity contribution in [1.82, 2.24) is 9.55 Å². The number of aromatic amines is 1. The Morgan fingerprint density at radius 3 is 2.55 bits per heavy atom. The third kappa shape index (κ3) is 3.97. The molecule has 0 bridgehead atoms. The highest BCUT2D eigenvalue weighted by Gasteiger charge is 2.36. The number of hydrogen-bond donors (Lipinski definition) is 3. The van der Waals surface area contributed by atoms with Crippen molar-refractivity contribution in [3.05, 3.63) is 86.6 Å². The molecule has 1 atom stereocenters. The van der Waals surface area contributed by atoms with Crippen LogP contribution in [-0.4, -0.2) is 28.5 Å². The number of rotatable bonds is 5. The average Bonchev–Trinajstić information content (AvgIpc) is 2.77. The number of carbonyl (C=O) groups is 2. The highest BCUT2D eigenvalue weighted by atomic mass is 16.5. The Balaban J connectivity index is 1.76. The molecule has 1 aliphatic heterocycles. The van der Waals surface area contributed by atoms with Crippen LogP contribution >= 0.6 is 0 Å². The van der Waals surface area contributed by atoms with Crippen LogP contribution in [0.5, 0.6) is 5.75 Å². The Hall–Kier alpha value is -4.14. The van der Waals surface area contributed by atoms with Crippen LogP contribution in [-0.2, 0) is 16.1 Å². The fraction of sp³-hybridized carbons (Fsp3) is 0.182. The standard InChI is InChI=1S/C22H20N4O5/c1-31-16-10-6-5-9-15(16)23-20(28)14-11-17(27)24-19-18(14)21(29)25-22(30)26(19)12-13-7-3-2-4-8-13/h2-10,14H,11-12H2,1H3,(H,23,28)(H,24,27)(H,25,29,30)/t14-/m1/s1. The van der Waals surface area contributed by atoms with Crippen LogP contribution in [0, 0.1) is 0 Å². The highest BCUT2D eigenvalue weighted by Crippen LogP contribution is 2.31. The van der Waals surface area contributed by atoms with Gasteiger partial charge in [-0.25, -0.2) is 4.79 Å². The molecule has 1 aliphatic rings. The monoisotopic (exact) mass is 420 g/mol. The summed E-state index contributed by atoms with van der Waals surface area (Å²) in [6.07, 6.45) is -0.222. The summed E-state index contributed by atoms with van der Waals surface area (Å²) >= 11 is 0. The second-order valence-electron chi connectivity index (χ2n) is 7.09. The van der Waals surface area contributed by atoms with Crippen LogP contribution < -0.4 is 26.6 Å². The molecule has 1 aromatic heterocycles. The highest BCUT2D eigenvalue weighted by molar-refractivity contribution is 6.04. The van der Waals surface area contributed by atoms with E-state index in [-0.39, 0.29) is 24.3 Å². The zero-order chi connectivity index (χ0) is 22.0. The maximum absolute atomic E-state index is 13.1. The van der Waals surface area contributed by atoms with Gasteiger partial charge >= 0.3 is 5.69 Å². The number of ether oxygens (including phenoxy) is 1. The van der Waals surface area contributed by atoms with E-state index in [0.717, 1.165) is 5.56 Å². The lowest BCUT2D eigenvalue weighted by Crippen LogP contribution is -2.42. The number of H-pyrrole nitrogens is 1. The van der Waals surface area contributed by atoms with Gasteiger partial charge in [0.15, 0.2) is 0 Å². The lowest BCUT2D eigenvalue weighted by atomic mass is 9.92. The Labute approximate surface area is 176 Å². The van der Waals surface area contributed by atoms with Crippen molar-refractivity contribution >= 4 is 23.3 Å². The summed E-state index contributed by atoms with van der Waals surface area (Å²) in [4.78, 5) is 52.9. The number of nitrogens with zero attached hydrogens (tertiary/aromatic N) is 1. The van der Waals surface area contributed by atoms with E-state index in [0.29, 0.717) is 11.4 Å². The average molecular weight is 420 g/mol. The molecule has 158 valence electrons. The summed E-state index contributed by atoms with van der Waals surface area (Å²) in [6, 6.07) is 15.9. The van der Waals surface area contributed by atoms with Gasteiger partial charge in [-0.3, -0.25) is 23.9 Å². The van der Waals surface area contributed by atoms with Gasteiger partial charge in [-0.2, -0.15) is 0 Å². The van der Waals surface area contributed by atoms with E-state index in [1.807, 2.05) is 30.3 Å². The molecule has 0 unspecified atom stereocenters. The molecule has 0 spiro atoms. The van der Waals surface area contributed by atoms with Gasteiger partial charge in [-0.15, -0.1) is 0 Å². The largest absolute Gasteiger partial charge is 0.495 e. The Morgan fingerprint density at radius 2 is 1.81 bits per heavy atom. The van der Waals surface area contributed by atoms with E-state index in [4.69, 9.17) is 4.74 Å². The second-order valence-corrected chi connectivity index (χ2v) is 7.09. The Bertz CT molecular complexity index is 1260. The summed E-state index contributed by atoms with van der Waals surface area (Å²) in [7, 11) is 1.47. The minimum atomic E-state index is -1.07. The van der Waals surface area contributed by atoms with Crippen molar-refractivity contribution in [3.63, 3.8) is 0 Å². The number of hydrogen-bond acceptors (Lipinski definition) is 5. The Kier molecular flexibility index (Phi) is 5.40. The quantitative estimate of drug-likeness (QED) is 0.579. The number of para-hydroxylation sites is 2. The van der Waals surface area contributed by atoms with Crippen molar-refractivity contribution in [1.29, 1.82) is 0 Å². The van der Waals surface area contributed by atoms with Crippen molar-refractivity contribution in [3.8, 4) is 5.75 Å².